The van der Waals surface area contributed by atoms with Gasteiger partial charge in [0.05, 0.1) is 6.07 Å². The summed E-state index contributed by atoms with van der Waals surface area (Å²) >= 11 is 5.79. The summed E-state index contributed by atoms with van der Waals surface area (Å²) in [5.41, 5.74) is 0. The summed E-state index contributed by atoms with van der Waals surface area (Å²) in [5.74, 6) is -0.867. The minimum atomic E-state index is -3.82. The Bertz CT molecular complexity index is 795. The van der Waals surface area contributed by atoms with Crippen molar-refractivity contribution in [3.05, 3.63) is 58.3 Å². The van der Waals surface area contributed by atoms with Crippen molar-refractivity contribution in [2.24, 2.45) is 0 Å². The Kier molecular flexibility index (Phi) is 6.19. The monoisotopic (exact) mass is 388 g/mol. The summed E-state index contributed by atoms with van der Waals surface area (Å²) in [4.78, 5) is 21.7. The molecule has 0 spiro atoms. The normalized spacial score (nSPS) is 14.3. The van der Waals surface area contributed by atoms with Crippen LogP contribution in [0.3, 0.4) is 0 Å². The van der Waals surface area contributed by atoms with Gasteiger partial charge in [0.25, 0.3) is 0 Å². The predicted octanol–water partition coefficient (Wildman–Crippen LogP) is 3.64. The Hall–Kier alpha value is -2.35. The zero-order chi connectivity index (χ0) is 18.4. The highest BCUT2D eigenvalue weighted by atomic mass is 35.7. The Labute approximate surface area is 147 Å². The highest BCUT2D eigenvalue weighted by Crippen LogP contribution is 2.48. The van der Waals surface area contributed by atoms with Gasteiger partial charge in [-0.2, -0.15) is 0 Å². The number of rotatable bonds is 8. The molecule has 1 unspecified atom stereocenters. The maximum Gasteiger partial charge on any atom is 0.433 e. The molecule has 0 aliphatic carbocycles. The van der Waals surface area contributed by atoms with Crippen molar-refractivity contribution in [2.75, 3.05) is 0 Å². The van der Waals surface area contributed by atoms with Gasteiger partial charge in [-0.25, -0.2) is 9.65 Å². The van der Waals surface area contributed by atoms with Crippen molar-refractivity contribution in [2.45, 2.75) is 19.6 Å². The lowest BCUT2D eigenvalue weighted by atomic mass is 10.3. The average Bonchev–Trinajstić information content (AvgIpc) is 3.01. The van der Waals surface area contributed by atoms with Gasteiger partial charge in [0, 0.05) is 11.2 Å². The van der Waals surface area contributed by atoms with E-state index < -0.39 is 29.7 Å². The third-order valence-electron chi connectivity index (χ3n) is 2.85. The van der Waals surface area contributed by atoms with Gasteiger partial charge in [0.1, 0.15) is 29.1 Å². The molecule has 0 amide bonds. The van der Waals surface area contributed by atoms with Gasteiger partial charge >= 0.3 is 18.7 Å². The molecule has 0 saturated heterocycles. The quantitative estimate of drug-likeness (QED) is 0.315. The maximum absolute atomic E-state index is 12.2. The molecule has 1 heterocycles. The van der Waals surface area contributed by atoms with E-state index in [2.05, 4.69) is 5.09 Å². The fourth-order valence-electron chi connectivity index (χ4n) is 1.74. The van der Waals surface area contributed by atoms with Crippen molar-refractivity contribution in [1.82, 2.24) is 5.09 Å². The largest absolute Gasteiger partial charge is 0.456 e. The number of halogens is 1. The van der Waals surface area contributed by atoms with Crippen molar-refractivity contribution < 1.29 is 28.0 Å². The van der Waals surface area contributed by atoms with E-state index in [0.29, 0.717) is 0 Å². The molecule has 25 heavy (non-hydrogen) atoms. The SMILES string of the molecule is C[C@H](NP(=O)(Cl)Oc1ccccc1)C(=O)OCc1ccc([N+](=O)[O-])o1. The average molecular weight is 389 g/mol. The number of nitrogens with one attached hydrogen (secondary N) is 1. The first kappa shape index (κ1) is 19.0. The molecule has 0 aliphatic rings. The first-order valence-electron chi connectivity index (χ1n) is 6.99. The Morgan fingerprint density at radius 1 is 1.36 bits per heavy atom. The topological polar surface area (TPSA) is 121 Å². The van der Waals surface area contributed by atoms with E-state index in [-0.39, 0.29) is 18.1 Å². The molecule has 0 fully saturated rings. The second-order valence-electron chi connectivity index (χ2n) is 4.84. The third kappa shape index (κ3) is 5.90. The lowest BCUT2D eigenvalue weighted by molar-refractivity contribution is -0.402. The van der Waals surface area contributed by atoms with E-state index in [1.54, 1.807) is 30.3 Å². The van der Waals surface area contributed by atoms with Crippen molar-refractivity contribution in [3.8, 4) is 5.75 Å². The highest BCUT2D eigenvalue weighted by molar-refractivity contribution is 7.84. The van der Waals surface area contributed by atoms with E-state index >= 15 is 0 Å². The molecular weight excluding hydrogens is 375 g/mol. The molecule has 0 radical (unpaired) electrons. The van der Waals surface area contributed by atoms with Crippen molar-refractivity contribution in [1.29, 1.82) is 0 Å². The molecule has 0 aliphatic heterocycles. The number of nitrogens with zero attached hydrogens (tertiary/aromatic N) is 1. The van der Waals surface area contributed by atoms with E-state index in [1.807, 2.05) is 0 Å². The van der Waals surface area contributed by atoms with Gasteiger partial charge in [-0.3, -0.25) is 14.9 Å². The predicted molar refractivity (Wildman–Crippen MR) is 88.3 cm³/mol. The number of hydrogen-bond donors (Lipinski definition) is 1. The van der Waals surface area contributed by atoms with Crippen molar-refractivity contribution in [3.63, 3.8) is 0 Å². The van der Waals surface area contributed by atoms with Crippen LogP contribution in [-0.4, -0.2) is 16.9 Å². The van der Waals surface area contributed by atoms with Crippen LogP contribution < -0.4 is 9.61 Å². The van der Waals surface area contributed by atoms with Gasteiger partial charge in [-0.15, -0.1) is 0 Å². The van der Waals surface area contributed by atoms with Crippen LogP contribution in [0.15, 0.2) is 46.9 Å². The highest BCUT2D eigenvalue weighted by Gasteiger charge is 2.28. The molecule has 1 aromatic carbocycles. The Morgan fingerprint density at radius 2 is 2.04 bits per heavy atom. The number of nitro groups is 1. The van der Waals surface area contributed by atoms with E-state index in [9.17, 15) is 19.5 Å². The van der Waals surface area contributed by atoms with E-state index in [4.69, 9.17) is 24.9 Å². The molecule has 9 nitrogen and oxygen atoms in total. The minimum absolute atomic E-state index is 0.0989. The first-order chi connectivity index (χ1) is 11.8. The summed E-state index contributed by atoms with van der Waals surface area (Å²) in [5, 5.41) is 12.9. The number of hydrogen-bond acceptors (Lipinski definition) is 7. The van der Waals surface area contributed by atoms with Crippen LogP contribution >= 0.6 is 18.1 Å². The van der Waals surface area contributed by atoms with Crippen LogP contribution in [0.5, 0.6) is 5.75 Å². The summed E-state index contributed by atoms with van der Waals surface area (Å²) in [6.45, 7) is -2.75. The number of benzene rings is 1. The molecule has 11 heteroatoms. The van der Waals surface area contributed by atoms with Crippen LogP contribution in [0.4, 0.5) is 5.88 Å². The molecule has 2 aromatic rings. The maximum atomic E-state index is 12.2. The standard InChI is InChI=1S/C14H14ClN2O7P/c1-10(16-25(15,21)24-11-5-3-2-4-6-11)14(18)22-9-12-7-8-13(23-12)17(19)20/h2-8,10H,9H2,1H3,(H,16,21)/t10-,25?/m0/s1. The summed E-state index contributed by atoms with van der Waals surface area (Å²) in [6, 6.07) is 9.63. The number of ether oxygens (including phenoxy) is 1. The molecule has 134 valence electrons. The Balaban J connectivity index is 1.86. The van der Waals surface area contributed by atoms with Crippen LogP contribution in [-0.2, 0) is 20.7 Å². The van der Waals surface area contributed by atoms with Gasteiger partial charge in [0.2, 0.25) is 0 Å². The van der Waals surface area contributed by atoms with Crippen LogP contribution in [0.25, 0.3) is 0 Å². The van der Waals surface area contributed by atoms with Crippen LogP contribution in [0, 0.1) is 10.1 Å². The molecule has 0 saturated carbocycles. The number of carbonyl (C=O) groups is 1. The Morgan fingerprint density at radius 3 is 2.64 bits per heavy atom. The summed E-state index contributed by atoms with van der Waals surface area (Å²) in [6.07, 6.45) is 0. The molecule has 2 atom stereocenters. The minimum Gasteiger partial charge on any atom is -0.456 e. The summed E-state index contributed by atoms with van der Waals surface area (Å²) < 4.78 is 27.1. The van der Waals surface area contributed by atoms with Gasteiger partial charge in [-0.1, -0.05) is 18.2 Å². The molecule has 0 bridgehead atoms. The zero-order valence-electron chi connectivity index (χ0n) is 13.0. The fraction of sp³-hybridized carbons (Fsp3) is 0.214. The second-order valence-corrected chi connectivity index (χ2v) is 7.57. The number of para-hydroxylation sites is 1. The summed E-state index contributed by atoms with van der Waals surface area (Å²) in [7, 11) is 0. The number of furan rings is 1. The smallest absolute Gasteiger partial charge is 0.433 e. The third-order valence-corrected chi connectivity index (χ3v) is 4.49. The fourth-order valence-corrected chi connectivity index (χ4v) is 3.43. The van der Waals surface area contributed by atoms with Gasteiger partial charge < -0.3 is 13.7 Å². The van der Waals surface area contributed by atoms with Gasteiger partial charge in [-0.05, 0) is 25.1 Å². The van der Waals surface area contributed by atoms with Crippen LogP contribution in [0.1, 0.15) is 12.7 Å². The molecular formula is C14H14ClN2O7P. The van der Waals surface area contributed by atoms with Crippen molar-refractivity contribution >= 4 is 30.0 Å². The first-order valence-corrected chi connectivity index (χ1v) is 9.52. The lowest BCUT2D eigenvalue weighted by Crippen LogP contribution is -2.33. The van der Waals surface area contributed by atoms with Crippen LogP contribution in [0.2, 0.25) is 0 Å². The molecule has 2 rings (SSSR count). The van der Waals surface area contributed by atoms with E-state index in [0.717, 1.165) is 6.07 Å². The zero-order valence-corrected chi connectivity index (χ0v) is 14.6. The van der Waals surface area contributed by atoms with Gasteiger partial charge in [0.15, 0.2) is 0 Å². The molecule has 1 aromatic heterocycles. The van der Waals surface area contributed by atoms with E-state index in [1.165, 1.54) is 13.0 Å². The molecule has 1 N–H and O–H groups in total. The number of esters is 1. The lowest BCUT2D eigenvalue weighted by Gasteiger charge is -2.18. The number of carbonyl (C=O) groups excluding carboxylic acids is 1. The second kappa shape index (κ2) is 8.15.